The Bertz CT molecular complexity index is 1290. The van der Waals surface area contributed by atoms with Crippen molar-refractivity contribution in [1.29, 1.82) is 0 Å². The fourth-order valence-corrected chi connectivity index (χ4v) is 4.81. The van der Waals surface area contributed by atoms with Gasteiger partial charge in [-0.15, -0.1) is 0 Å². The maximum Gasteiger partial charge on any atom is 0.314 e. The molecule has 2 heterocycles. The van der Waals surface area contributed by atoms with Gasteiger partial charge >= 0.3 is 5.97 Å². The summed E-state index contributed by atoms with van der Waals surface area (Å²) < 4.78 is 16.9. The third kappa shape index (κ3) is 7.71. The highest BCUT2D eigenvalue weighted by Gasteiger charge is 2.33. The van der Waals surface area contributed by atoms with Gasteiger partial charge in [-0.2, -0.15) is 0 Å². The Morgan fingerprint density at radius 2 is 1.75 bits per heavy atom. The zero-order valence-corrected chi connectivity index (χ0v) is 25.3. The number of nitrogens with zero attached hydrogens (tertiary/aromatic N) is 3. The first-order valence-corrected chi connectivity index (χ1v) is 14.7. The number of benzene rings is 2. The molecule has 216 valence electrons. The van der Waals surface area contributed by atoms with E-state index < -0.39 is 5.41 Å². The van der Waals surface area contributed by atoms with Crippen molar-refractivity contribution in [2.24, 2.45) is 11.3 Å². The third-order valence-electron chi connectivity index (χ3n) is 7.79. The lowest BCUT2D eigenvalue weighted by Gasteiger charge is -2.36. The van der Waals surface area contributed by atoms with E-state index >= 15 is 0 Å². The minimum Gasteiger partial charge on any atom is -0.494 e. The molecule has 0 aliphatic carbocycles. The van der Waals surface area contributed by atoms with E-state index in [-0.39, 0.29) is 18.7 Å². The number of fused-ring (bicyclic) bond motifs is 1. The summed E-state index contributed by atoms with van der Waals surface area (Å²) in [6.45, 7) is 13.1. The summed E-state index contributed by atoms with van der Waals surface area (Å²) >= 11 is 12.6. The average molecular weight is 589 g/mol. The van der Waals surface area contributed by atoms with Crippen molar-refractivity contribution in [1.82, 2.24) is 9.88 Å². The Morgan fingerprint density at radius 3 is 2.50 bits per heavy atom. The van der Waals surface area contributed by atoms with Gasteiger partial charge in [0.15, 0.2) is 0 Å². The first-order chi connectivity index (χ1) is 19.1. The van der Waals surface area contributed by atoms with Gasteiger partial charge in [0.2, 0.25) is 12.7 Å². The number of hydrogen-bond acceptors (Lipinski definition) is 7. The number of ether oxygens (including phenoxy) is 3. The summed E-state index contributed by atoms with van der Waals surface area (Å²) in [6.07, 6.45) is 2.03. The number of halogens is 2. The lowest BCUT2D eigenvalue weighted by atomic mass is 9.81. The Kier molecular flexibility index (Phi) is 10.4. The van der Waals surface area contributed by atoms with E-state index in [1.54, 1.807) is 6.07 Å². The van der Waals surface area contributed by atoms with Crippen LogP contribution in [0.15, 0.2) is 48.5 Å². The second-order valence-electron chi connectivity index (χ2n) is 11.0. The molecular formula is C31H39Cl2N3O4. The SMILES string of the molecule is CC(C)C(C)(C)C(=O)OCOc1ccc2ccc(OCCCCN3CCN(c4cccc(Cl)c4Cl)CC3)cc2n1. The minimum atomic E-state index is -0.576. The van der Waals surface area contributed by atoms with Gasteiger partial charge in [0.05, 0.1) is 33.3 Å². The van der Waals surface area contributed by atoms with E-state index in [0.717, 1.165) is 67.9 Å². The summed E-state index contributed by atoms with van der Waals surface area (Å²) in [5.74, 6) is 1.05. The minimum absolute atomic E-state index is 0.161. The highest BCUT2D eigenvalue weighted by atomic mass is 35.5. The number of aromatic nitrogens is 1. The van der Waals surface area contributed by atoms with Crippen LogP contribution >= 0.6 is 23.2 Å². The summed E-state index contributed by atoms with van der Waals surface area (Å²) in [6, 6.07) is 15.4. The number of unbranched alkanes of at least 4 members (excludes halogenated alkanes) is 1. The van der Waals surface area contributed by atoms with Crippen LogP contribution in [-0.2, 0) is 9.53 Å². The van der Waals surface area contributed by atoms with Crippen LogP contribution in [0.3, 0.4) is 0 Å². The topological polar surface area (TPSA) is 64.1 Å². The quantitative estimate of drug-likeness (QED) is 0.127. The summed E-state index contributed by atoms with van der Waals surface area (Å²) in [5.41, 5.74) is 1.20. The van der Waals surface area contributed by atoms with Crippen molar-refractivity contribution in [3.05, 3.63) is 58.6 Å². The fraction of sp³-hybridized carbons (Fsp3) is 0.484. The van der Waals surface area contributed by atoms with Crippen LogP contribution in [0.4, 0.5) is 5.69 Å². The highest BCUT2D eigenvalue weighted by Crippen LogP contribution is 2.33. The predicted octanol–water partition coefficient (Wildman–Crippen LogP) is 7.08. The molecule has 1 aliphatic rings. The average Bonchev–Trinajstić information content (AvgIpc) is 2.94. The Morgan fingerprint density at radius 1 is 1.00 bits per heavy atom. The number of anilines is 1. The van der Waals surface area contributed by atoms with Gasteiger partial charge in [0.25, 0.3) is 0 Å². The molecule has 0 atom stereocenters. The van der Waals surface area contributed by atoms with Crippen molar-refractivity contribution in [3.8, 4) is 11.6 Å². The molecule has 1 saturated heterocycles. The molecule has 1 fully saturated rings. The third-order valence-corrected chi connectivity index (χ3v) is 8.59. The molecule has 1 aliphatic heterocycles. The van der Waals surface area contributed by atoms with Crippen LogP contribution in [0.5, 0.6) is 11.6 Å². The maximum absolute atomic E-state index is 12.3. The first kappa shape index (κ1) is 30.2. The second-order valence-corrected chi connectivity index (χ2v) is 11.8. The van der Waals surface area contributed by atoms with Crippen LogP contribution in [0.25, 0.3) is 10.9 Å². The molecule has 9 heteroatoms. The molecule has 1 aromatic heterocycles. The number of esters is 1. The molecule has 0 saturated carbocycles. The largest absolute Gasteiger partial charge is 0.494 e. The van der Waals surface area contributed by atoms with Gasteiger partial charge in [0.1, 0.15) is 5.75 Å². The Hall–Kier alpha value is -2.74. The molecule has 0 spiro atoms. The standard InChI is InChI=1S/C31H39Cl2N3O4/c1-22(2)31(3,4)30(37)40-21-39-28-13-11-23-10-12-24(20-26(23)34-28)38-19-6-5-14-35-15-17-36(18-16-35)27-9-7-8-25(32)29(27)33/h7-13,20,22H,5-6,14-19,21H2,1-4H3. The van der Waals surface area contributed by atoms with E-state index in [1.165, 1.54) is 0 Å². The van der Waals surface area contributed by atoms with Crippen molar-refractivity contribution in [2.45, 2.75) is 40.5 Å². The molecule has 0 unspecified atom stereocenters. The molecule has 0 amide bonds. The van der Waals surface area contributed by atoms with Gasteiger partial charge < -0.3 is 19.1 Å². The van der Waals surface area contributed by atoms with Crippen LogP contribution in [0, 0.1) is 11.3 Å². The molecule has 3 aromatic rings. The van der Waals surface area contributed by atoms with Crippen molar-refractivity contribution in [2.75, 3.05) is 51.0 Å². The van der Waals surface area contributed by atoms with E-state index in [4.69, 9.17) is 37.4 Å². The van der Waals surface area contributed by atoms with Crippen LogP contribution < -0.4 is 14.4 Å². The molecule has 7 nitrogen and oxygen atoms in total. The highest BCUT2D eigenvalue weighted by molar-refractivity contribution is 6.43. The lowest BCUT2D eigenvalue weighted by Crippen LogP contribution is -2.46. The molecular weight excluding hydrogens is 549 g/mol. The van der Waals surface area contributed by atoms with Crippen molar-refractivity contribution < 1.29 is 19.0 Å². The molecule has 0 bridgehead atoms. The zero-order valence-electron chi connectivity index (χ0n) is 23.8. The van der Waals surface area contributed by atoms with Gasteiger partial charge in [0, 0.05) is 43.7 Å². The van der Waals surface area contributed by atoms with E-state index in [0.29, 0.717) is 22.5 Å². The molecule has 2 aromatic carbocycles. The normalized spacial score (nSPS) is 14.5. The fourth-order valence-electron chi connectivity index (χ4n) is 4.39. The molecule has 0 N–H and O–H groups in total. The summed E-state index contributed by atoms with van der Waals surface area (Å²) in [4.78, 5) is 21.7. The number of hydrogen-bond donors (Lipinski definition) is 0. The van der Waals surface area contributed by atoms with Crippen LogP contribution in [0.1, 0.15) is 40.5 Å². The van der Waals surface area contributed by atoms with Gasteiger partial charge in [-0.05, 0) is 69.5 Å². The van der Waals surface area contributed by atoms with Crippen LogP contribution in [0.2, 0.25) is 10.0 Å². The van der Waals surface area contributed by atoms with E-state index in [1.807, 2.05) is 70.2 Å². The van der Waals surface area contributed by atoms with Crippen molar-refractivity contribution >= 4 is 45.8 Å². The zero-order chi connectivity index (χ0) is 28.7. The molecule has 4 rings (SSSR count). The summed E-state index contributed by atoms with van der Waals surface area (Å²) in [5, 5.41) is 2.21. The number of rotatable bonds is 12. The van der Waals surface area contributed by atoms with E-state index in [2.05, 4.69) is 14.8 Å². The number of carbonyl (C=O) groups is 1. The first-order valence-electron chi connectivity index (χ1n) is 13.9. The molecule has 0 radical (unpaired) electrons. The predicted molar refractivity (Wildman–Crippen MR) is 162 cm³/mol. The maximum atomic E-state index is 12.3. The number of carbonyl (C=O) groups excluding carboxylic acids is 1. The van der Waals surface area contributed by atoms with Crippen LogP contribution in [-0.4, -0.2) is 62.0 Å². The molecule has 40 heavy (non-hydrogen) atoms. The second kappa shape index (κ2) is 13.7. The Labute approximate surface area is 247 Å². The lowest BCUT2D eigenvalue weighted by molar-refractivity contribution is -0.163. The van der Waals surface area contributed by atoms with Gasteiger partial charge in [-0.3, -0.25) is 9.69 Å². The summed E-state index contributed by atoms with van der Waals surface area (Å²) in [7, 11) is 0. The van der Waals surface area contributed by atoms with E-state index in [9.17, 15) is 4.79 Å². The Balaban J connectivity index is 1.18. The van der Waals surface area contributed by atoms with Gasteiger partial charge in [-0.25, -0.2) is 4.98 Å². The monoisotopic (exact) mass is 587 g/mol. The number of pyridine rings is 1. The van der Waals surface area contributed by atoms with Crippen molar-refractivity contribution in [3.63, 3.8) is 0 Å². The smallest absolute Gasteiger partial charge is 0.314 e. The number of piperazine rings is 1. The van der Waals surface area contributed by atoms with Gasteiger partial charge in [-0.1, -0.05) is 43.1 Å².